The molecule has 0 saturated carbocycles. The van der Waals surface area contributed by atoms with Crippen LogP contribution < -0.4 is 9.44 Å². The smallest absolute Gasteiger partial charge is 0.277 e. The van der Waals surface area contributed by atoms with Crippen molar-refractivity contribution in [1.29, 1.82) is 0 Å². The quantitative estimate of drug-likeness (QED) is 0.558. The molecule has 13 heavy (non-hydrogen) atoms. The first-order chi connectivity index (χ1) is 5.77. The standard InChI is InChI=1S/C7H18N2O3S/c1-4-5-8-13(11,12)9-6-7(2,3)10/h8-10H,4-6H2,1-3H3. The van der Waals surface area contributed by atoms with Crippen LogP contribution in [0, 0.1) is 0 Å². The Balaban J connectivity index is 3.91. The van der Waals surface area contributed by atoms with Crippen LogP contribution in [0.15, 0.2) is 0 Å². The molecule has 80 valence electrons. The first-order valence-electron chi connectivity index (χ1n) is 4.23. The first kappa shape index (κ1) is 12.8. The lowest BCUT2D eigenvalue weighted by Gasteiger charge is -2.17. The van der Waals surface area contributed by atoms with Crippen molar-refractivity contribution < 1.29 is 13.5 Å². The first-order valence-corrected chi connectivity index (χ1v) is 5.72. The molecular formula is C7H18N2O3S. The molecule has 0 fully saturated rings. The molecule has 0 spiro atoms. The van der Waals surface area contributed by atoms with Gasteiger partial charge in [0.25, 0.3) is 10.2 Å². The van der Waals surface area contributed by atoms with E-state index in [1.807, 2.05) is 6.92 Å². The molecule has 0 aliphatic carbocycles. The molecule has 0 unspecified atom stereocenters. The molecule has 0 aliphatic rings. The Kier molecular flexibility index (Phi) is 4.83. The predicted octanol–water partition coefficient (Wildman–Crippen LogP) is -0.409. The van der Waals surface area contributed by atoms with Gasteiger partial charge in [0.15, 0.2) is 0 Å². The van der Waals surface area contributed by atoms with Crippen LogP contribution in [-0.4, -0.2) is 32.2 Å². The Morgan fingerprint density at radius 1 is 1.31 bits per heavy atom. The average molecular weight is 210 g/mol. The molecule has 0 aromatic heterocycles. The van der Waals surface area contributed by atoms with E-state index in [1.54, 1.807) is 0 Å². The summed E-state index contributed by atoms with van der Waals surface area (Å²) in [6.07, 6.45) is 0.740. The van der Waals surface area contributed by atoms with Gasteiger partial charge in [-0.3, -0.25) is 0 Å². The average Bonchev–Trinajstić information content (AvgIpc) is 1.97. The van der Waals surface area contributed by atoms with Crippen molar-refractivity contribution in [2.24, 2.45) is 0 Å². The third kappa shape index (κ3) is 8.17. The van der Waals surface area contributed by atoms with Crippen molar-refractivity contribution in [3.63, 3.8) is 0 Å². The minimum atomic E-state index is -3.44. The van der Waals surface area contributed by atoms with Crippen LogP contribution in [0.2, 0.25) is 0 Å². The second-order valence-corrected chi connectivity index (χ2v) is 5.12. The molecule has 0 bridgehead atoms. The summed E-state index contributed by atoms with van der Waals surface area (Å²) < 4.78 is 26.8. The largest absolute Gasteiger partial charge is 0.389 e. The van der Waals surface area contributed by atoms with E-state index in [2.05, 4.69) is 9.44 Å². The zero-order chi connectivity index (χ0) is 10.5. The van der Waals surface area contributed by atoms with E-state index in [9.17, 15) is 13.5 Å². The third-order valence-electron chi connectivity index (χ3n) is 1.24. The molecule has 0 aromatic carbocycles. The highest BCUT2D eigenvalue weighted by atomic mass is 32.2. The number of nitrogens with one attached hydrogen (secondary N) is 2. The molecule has 0 aromatic rings. The van der Waals surface area contributed by atoms with Gasteiger partial charge in [0.2, 0.25) is 0 Å². The van der Waals surface area contributed by atoms with Crippen LogP contribution >= 0.6 is 0 Å². The molecule has 0 heterocycles. The van der Waals surface area contributed by atoms with E-state index in [1.165, 1.54) is 13.8 Å². The minimum absolute atomic E-state index is 0.00600. The molecule has 6 heteroatoms. The summed E-state index contributed by atoms with van der Waals surface area (Å²) >= 11 is 0. The molecule has 5 nitrogen and oxygen atoms in total. The monoisotopic (exact) mass is 210 g/mol. The summed E-state index contributed by atoms with van der Waals surface area (Å²) in [5.74, 6) is 0. The highest BCUT2D eigenvalue weighted by Gasteiger charge is 2.16. The summed E-state index contributed by atoms with van der Waals surface area (Å²) in [5.41, 5.74) is -1.03. The van der Waals surface area contributed by atoms with E-state index >= 15 is 0 Å². The topological polar surface area (TPSA) is 78.4 Å². The molecule has 0 saturated heterocycles. The predicted molar refractivity (Wildman–Crippen MR) is 51.5 cm³/mol. The Labute approximate surface area is 79.7 Å². The minimum Gasteiger partial charge on any atom is -0.389 e. The second kappa shape index (κ2) is 4.90. The number of rotatable bonds is 6. The van der Waals surface area contributed by atoms with Gasteiger partial charge >= 0.3 is 0 Å². The molecule has 3 N–H and O–H groups in total. The Hall–Kier alpha value is -0.170. The van der Waals surface area contributed by atoms with Crippen LogP contribution in [0.3, 0.4) is 0 Å². The van der Waals surface area contributed by atoms with E-state index in [4.69, 9.17) is 0 Å². The second-order valence-electron chi connectivity index (χ2n) is 3.53. The van der Waals surface area contributed by atoms with Crippen LogP contribution in [0.25, 0.3) is 0 Å². The highest BCUT2D eigenvalue weighted by molar-refractivity contribution is 7.87. The normalized spacial score (nSPS) is 13.2. The van der Waals surface area contributed by atoms with Gasteiger partial charge in [-0.2, -0.15) is 13.1 Å². The van der Waals surface area contributed by atoms with Crippen molar-refractivity contribution in [2.45, 2.75) is 32.8 Å². The molecule has 0 atom stereocenters. The van der Waals surface area contributed by atoms with Crippen molar-refractivity contribution >= 4 is 10.2 Å². The van der Waals surface area contributed by atoms with Gasteiger partial charge in [-0.1, -0.05) is 6.92 Å². The van der Waals surface area contributed by atoms with Gasteiger partial charge < -0.3 is 5.11 Å². The SMILES string of the molecule is CCCNS(=O)(=O)NCC(C)(C)O. The van der Waals surface area contributed by atoms with E-state index in [-0.39, 0.29) is 6.54 Å². The van der Waals surface area contributed by atoms with Crippen molar-refractivity contribution in [3.8, 4) is 0 Å². The lowest BCUT2D eigenvalue weighted by Crippen LogP contribution is -2.44. The molecule has 0 amide bonds. The fraction of sp³-hybridized carbons (Fsp3) is 1.00. The van der Waals surface area contributed by atoms with Gasteiger partial charge in [-0.05, 0) is 20.3 Å². The summed E-state index contributed by atoms with van der Waals surface area (Å²) in [5, 5.41) is 9.25. The summed E-state index contributed by atoms with van der Waals surface area (Å²) in [4.78, 5) is 0. The number of hydrogen-bond donors (Lipinski definition) is 3. The summed E-state index contributed by atoms with van der Waals surface area (Å²) in [7, 11) is -3.44. The Bertz CT molecular complexity index is 231. The van der Waals surface area contributed by atoms with Gasteiger partial charge in [0.1, 0.15) is 0 Å². The van der Waals surface area contributed by atoms with Crippen molar-refractivity contribution in [2.75, 3.05) is 13.1 Å². The van der Waals surface area contributed by atoms with Crippen LogP contribution in [0.4, 0.5) is 0 Å². The zero-order valence-electron chi connectivity index (χ0n) is 8.29. The molecule has 0 radical (unpaired) electrons. The van der Waals surface area contributed by atoms with E-state index in [0.717, 1.165) is 6.42 Å². The van der Waals surface area contributed by atoms with Crippen molar-refractivity contribution in [3.05, 3.63) is 0 Å². The lowest BCUT2D eigenvalue weighted by atomic mass is 10.1. The van der Waals surface area contributed by atoms with Gasteiger partial charge in [0.05, 0.1) is 5.60 Å². The number of aliphatic hydroxyl groups is 1. The summed E-state index contributed by atoms with van der Waals surface area (Å²) in [6.45, 7) is 5.36. The third-order valence-corrected chi connectivity index (χ3v) is 2.35. The van der Waals surface area contributed by atoms with Crippen LogP contribution in [0.5, 0.6) is 0 Å². The Morgan fingerprint density at radius 3 is 2.23 bits per heavy atom. The van der Waals surface area contributed by atoms with E-state index < -0.39 is 15.8 Å². The maximum atomic E-state index is 11.1. The van der Waals surface area contributed by atoms with Gasteiger partial charge in [0, 0.05) is 13.1 Å². The summed E-state index contributed by atoms with van der Waals surface area (Å²) in [6, 6.07) is 0. The van der Waals surface area contributed by atoms with Crippen molar-refractivity contribution in [1.82, 2.24) is 9.44 Å². The maximum absolute atomic E-state index is 11.1. The maximum Gasteiger partial charge on any atom is 0.277 e. The Morgan fingerprint density at radius 2 is 1.85 bits per heavy atom. The fourth-order valence-corrected chi connectivity index (χ4v) is 1.68. The molecule has 0 aliphatic heterocycles. The molecule has 0 rings (SSSR count). The van der Waals surface area contributed by atoms with Crippen LogP contribution in [0.1, 0.15) is 27.2 Å². The fourth-order valence-electron chi connectivity index (χ4n) is 0.559. The zero-order valence-corrected chi connectivity index (χ0v) is 9.11. The molecular weight excluding hydrogens is 192 g/mol. The number of hydrogen-bond acceptors (Lipinski definition) is 3. The van der Waals surface area contributed by atoms with E-state index in [0.29, 0.717) is 6.54 Å². The highest BCUT2D eigenvalue weighted by Crippen LogP contribution is 1.97. The van der Waals surface area contributed by atoms with Gasteiger partial charge in [-0.15, -0.1) is 0 Å². The van der Waals surface area contributed by atoms with Gasteiger partial charge in [-0.25, -0.2) is 4.72 Å². The lowest BCUT2D eigenvalue weighted by molar-refractivity contribution is 0.0856. The van der Waals surface area contributed by atoms with Crippen LogP contribution in [-0.2, 0) is 10.2 Å².